The molecule has 10 aromatic rings. The Morgan fingerprint density at radius 3 is 1.34 bits per heavy atom. The summed E-state index contributed by atoms with van der Waals surface area (Å²) in [6.45, 7) is 8.49. The number of halogens is 2. The number of benzene rings is 8. The predicted molar refractivity (Wildman–Crippen MR) is 246 cm³/mol. The zero-order valence-corrected chi connectivity index (χ0v) is 34.2. The van der Waals surface area contributed by atoms with Crippen LogP contribution in [-0.2, 0) is 0 Å². The summed E-state index contributed by atoms with van der Waals surface area (Å²) >= 11 is 0. The lowest BCUT2D eigenvalue weighted by molar-refractivity contribution is 0.511. The topological polar surface area (TPSA) is 43.6 Å². The van der Waals surface area contributed by atoms with Gasteiger partial charge in [0.2, 0.25) is 0 Å². The number of nitrogens with zero attached hydrogens (tertiary/aromatic N) is 4. The first-order chi connectivity index (χ1) is 29.7. The highest BCUT2D eigenvalue weighted by Gasteiger charge is 2.22. The maximum absolute atomic E-state index is 15.7. The van der Waals surface area contributed by atoms with E-state index in [-0.39, 0.29) is 5.56 Å². The molecule has 0 amide bonds. The van der Waals surface area contributed by atoms with Crippen LogP contribution in [0.5, 0.6) is 0 Å². The predicted octanol–water partition coefficient (Wildman–Crippen LogP) is 14.5. The Balaban J connectivity index is 1.32. The summed E-state index contributed by atoms with van der Waals surface area (Å²) in [5.41, 5.74) is 14.8. The minimum atomic E-state index is -0.917. The smallest absolute Gasteiger partial charge is 0.166 e. The maximum atomic E-state index is 15.7. The van der Waals surface area contributed by atoms with E-state index in [0.717, 1.165) is 66.9 Å². The van der Waals surface area contributed by atoms with Crippen molar-refractivity contribution in [2.24, 2.45) is 0 Å². The van der Waals surface area contributed by atoms with Crippen molar-refractivity contribution < 1.29 is 8.78 Å². The van der Waals surface area contributed by atoms with E-state index in [9.17, 15) is 4.39 Å². The second-order valence-electron chi connectivity index (χ2n) is 15.9. The second kappa shape index (κ2) is 15.2. The molecule has 6 heteroatoms. The van der Waals surface area contributed by atoms with Crippen LogP contribution in [0, 0.1) is 39.3 Å². The molecule has 0 aliphatic carbocycles. The van der Waals surface area contributed by atoms with Crippen LogP contribution >= 0.6 is 0 Å². The van der Waals surface area contributed by atoms with Gasteiger partial charge in [-0.1, -0.05) is 162 Å². The van der Waals surface area contributed by atoms with Gasteiger partial charge in [-0.3, -0.25) is 0 Å². The van der Waals surface area contributed by atoms with Gasteiger partial charge in [-0.05, 0) is 85.8 Å². The number of fused-ring (bicyclic) bond motifs is 3. The van der Waals surface area contributed by atoms with E-state index in [1.165, 1.54) is 28.3 Å². The van der Waals surface area contributed by atoms with Crippen LogP contribution in [0.3, 0.4) is 0 Å². The molecular weight excluding hydrogens is 755 g/mol. The molecule has 0 fully saturated rings. The zero-order chi connectivity index (χ0) is 41.8. The van der Waals surface area contributed by atoms with E-state index >= 15 is 4.39 Å². The minimum absolute atomic E-state index is 0.143. The Hall–Kier alpha value is -7.57. The van der Waals surface area contributed by atoms with E-state index in [1.54, 1.807) is 6.07 Å². The fraction of sp³-hybridized carbons (Fsp3) is 0.0727. The van der Waals surface area contributed by atoms with Crippen molar-refractivity contribution >= 4 is 21.8 Å². The molecule has 294 valence electrons. The Morgan fingerprint density at radius 2 is 0.836 bits per heavy atom. The summed E-state index contributed by atoms with van der Waals surface area (Å²) in [5, 5.41) is 2.15. The SMILES string of the molecule is Cc1cc(C)cc(-c2ccc3c4ccc(-c5cc(C)cc(C)c5)cc4n(-c4ccc(-c5cccc(F)c5F)cc4-c4nc(-c5ccccc5)nc(-c5ccccc5)n4)c3c2)c1. The number of hydrogen-bond donors (Lipinski definition) is 0. The molecule has 61 heavy (non-hydrogen) atoms. The van der Waals surface area contributed by atoms with Gasteiger partial charge in [0.15, 0.2) is 29.1 Å². The van der Waals surface area contributed by atoms with Gasteiger partial charge in [0.05, 0.1) is 16.7 Å². The van der Waals surface area contributed by atoms with Crippen LogP contribution in [0.4, 0.5) is 8.78 Å². The normalized spacial score (nSPS) is 11.4. The lowest BCUT2D eigenvalue weighted by Gasteiger charge is -2.17. The number of hydrogen-bond acceptors (Lipinski definition) is 3. The number of aryl methyl sites for hydroxylation is 4. The molecule has 0 radical (unpaired) electrons. The number of rotatable bonds is 7. The molecule has 0 saturated carbocycles. The van der Waals surface area contributed by atoms with Crippen LogP contribution in [0.25, 0.3) is 95.0 Å². The van der Waals surface area contributed by atoms with E-state index in [1.807, 2.05) is 78.9 Å². The average molecular weight is 795 g/mol. The van der Waals surface area contributed by atoms with Crippen LogP contribution in [0.1, 0.15) is 22.3 Å². The summed E-state index contributed by atoms with van der Waals surface area (Å²) in [5.74, 6) is -0.447. The quantitative estimate of drug-likeness (QED) is 0.161. The molecule has 0 atom stereocenters. The van der Waals surface area contributed by atoms with Gasteiger partial charge in [0, 0.05) is 33.0 Å². The molecule has 0 bridgehead atoms. The first-order valence-electron chi connectivity index (χ1n) is 20.4. The molecule has 0 aliphatic rings. The maximum Gasteiger partial charge on any atom is 0.166 e. The third-order valence-corrected chi connectivity index (χ3v) is 11.3. The molecule has 2 heterocycles. The molecule has 0 spiro atoms. The van der Waals surface area contributed by atoms with Gasteiger partial charge < -0.3 is 4.57 Å². The third-order valence-electron chi connectivity index (χ3n) is 11.3. The van der Waals surface area contributed by atoms with Crippen molar-refractivity contribution in [1.29, 1.82) is 0 Å². The highest BCUT2D eigenvalue weighted by atomic mass is 19.2. The van der Waals surface area contributed by atoms with Crippen molar-refractivity contribution in [3.05, 3.63) is 204 Å². The Bertz CT molecular complexity index is 3110. The second-order valence-corrected chi connectivity index (χ2v) is 15.9. The number of aromatic nitrogens is 4. The Morgan fingerprint density at radius 1 is 0.361 bits per heavy atom. The molecule has 0 saturated heterocycles. The van der Waals surface area contributed by atoms with Gasteiger partial charge >= 0.3 is 0 Å². The lowest BCUT2D eigenvalue weighted by Crippen LogP contribution is -2.04. The van der Waals surface area contributed by atoms with Crippen molar-refractivity contribution in [2.45, 2.75) is 27.7 Å². The van der Waals surface area contributed by atoms with Crippen molar-refractivity contribution in [3.63, 3.8) is 0 Å². The first kappa shape index (κ1) is 37.7. The summed E-state index contributed by atoms with van der Waals surface area (Å²) in [6.07, 6.45) is 0. The summed E-state index contributed by atoms with van der Waals surface area (Å²) in [4.78, 5) is 15.3. The van der Waals surface area contributed by atoms with Gasteiger partial charge in [-0.15, -0.1) is 0 Å². The van der Waals surface area contributed by atoms with E-state index in [4.69, 9.17) is 15.0 Å². The molecule has 8 aromatic carbocycles. The monoisotopic (exact) mass is 794 g/mol. The summed E-state index contributed by atoms with van der Waals surface area (Å²) in [6, 6.07) is 56.2. The summed E-state index contributed by atoms with van der Waals surface area (Å²) in [7, 11) is 0. The molecule has 10 rings (SSSR count). The van der Waals surface area contributed by atoms with Crippen molar-refractivity contribution in [3.8, 4) is 73.2 Å². The van der Waals surface area contributed by atoms with E-state index < -0.39 is 11.6 Å². The van der Waals surface area contributed by atoms with E-state index in [0.29, 0.717) is 28.6 Å². The lowest BCUT2D eigenvalue weighted by atomic mass is 9.98. The van der Waals surface area contributed by atoms with Crippen LogP contribution in [0.2, 0.25) is 0 Å². The van der Waals surface area contributed by atoms with Crippen LogP contribution < -0.4 is 0 Å². The molecule has 4 nitrogen and oxygen atoms in total. The standard InChI is InChI=1S/C55H40F2N4/c1-33-24-34(2)27-42(26-33)39-18-21-45-46-22-19-40(43-28-35(3)25-36(4)29-43)32-51(46)61(50(45)31-39)49-23-20-41(44-16-11-17-48(56)52(44)57)30-47(49)55-59-53(37-12-7-5-8-13-37)58-54(60-55)38-14-9-6-10-15-38/h5-32H,1-4H3. The fourth-order valence-corrected chi connectivity index (χ4v) is 8.65. The molecule has 0 aliphatic heterocycles. The molecule has 0 N–H and O–H groups in total. The Kier molecular flexibility index (Phi) is 9.41. The summed E-state index contributed by atoms with van der Waals surface area (Å²) < 4.78 is 32.8. The highest BCUT2D eigenvalue weighted by molar-refractivity contribution is 6.11. The highest BCUT2D eigenvalue weighted by Crippen LogP contribution is 2.41. The third kappa shape index (κ3) is 7.06. The molecule has 0 unspecified atom stereocenters. The Labute approximate surface area is 353 Å². The van der Waals surface area contributed by atoms with E-state index in [2.05, 4.69) is 105 Å². The van der Waals surface area contributed by atoms with Crippen molar-refractivity contribution in [1.82, 2.24) is 19.5 Å². The molecular formula is C55H40F2N4. The van der Waals surface area contributed by atoms with Gasteiger partial charge in [0.25, 0.3) is 0 Å². The first-order valence-corrected chi connectivity index (χ1v) is 20.4. The van der Waals surface area contributed by atoms with Gasteiger partial charge in [0.1, 0.15) is 0 Å². The van der Waals surface area contributed by atoms with Gasteiger partial charge in [-0.25, -0.2) is 23.7 Å². The largest absolute Gasteiger partial charge is 0.308 e. The van der Waals surface area contributed by atoms with Crippen molar-refractivity contribution in [2.75, 3.05) is 0 Å². The van der Waals surface area contributed by atoms with Gasteiger partial charge in [-0.2, -0.15) is 0 Å². The van der Waals surface area contributed by atoms with Crippen LogP contribution in [0.15, 0.2) is 170 Å². The minimum Gasteiger partial charge on any atom is -0.308 e. The average Bonchev–Trinajstić information content (AvgIpc) is 3.59. The van der Waals surface area contributed by atoms with Crippen LogP contribution in [-0.4, -0.2) is 19.5 Å². The zero-order valence-electron chi connectivity index (χ0n) is 34.2. The fourth-order valence-electron chi connectivity index (χ4n) is 8.65. The molecule has 2 aromatic heterocycles.